The minimum Gasteiger partial charge on any atom is -0.390 e. The highest BCUT2D eigenvalue weighted by atomic mass is 16.3. The summed E-state index contributed by atoms with van der Waals surface area (Å²) in [5.41, 5.74) is 3.41. The molecule has 1 aliphatic rings. The van der Waals surface area contributed by atoms with Gasteiger partial charge >= 0.3 is 0 Å². The van der Waals surface area contributed by atoms with Gasteiger partial charge < -0.3 is 15.0 Å². The van der Waals surface area contributed by atoms with E-state index in [1.807, 2.05) is 6.07 Å². The standard InChI is InChI=1S/C11H12N2O/c14-7-9-6-8-2-1-3-10-11(8)13(9)5-4-12-10/h1-3,6,12,14H,4-5,7H2. The molecule has 0 fully saturated rings. The van der Waals surface area contributed by atoms with Crippen LogP contribution >= 0.6 is 0 Å². The molecule has 0 unspecified atom stereocenters. The number of para-hydroxylation sites is 1. The zero-order valence-electron chi connectivity index (χ0n) is 7.83. The zero-order valence-corrected chi connectivity index (χ0v) is 7.83. The summed E-state index contributed by atoms with van der Waals surface area (Å²) in [7, 11) is 0. The smallest absolute Gasteiger partial charge is 0.0833 e. The van der Waals surface area contributed by atoms with Crippen molar-refractivity contribution >= 4 is 16.6 Å². The fourth-order valence-electron chi connectivity index (χ4n) is 2.21. The molecule has 14 heavy (non-hydrogen) atoms. The second kappa shape index (κ2) is 2.75. The lowest BCUT2D eigenvalue weighted by atomic mass is 10.2. The number of nitrogens with one attached hydrogen (secondary N) is 1. The number of benzene rings is 1. The van der Waals surface area contributed by atoms with Crippen LogP contribution in [0.3, 0.4) is 0 Å². The SMILES string of the molecule is OCc1cc2cccc3c2n1CCN3. The Hall–Kier alpha value is -1.48. The van der Waals surface area contributed by atoms with Crippen molar-refractivity contribution in [3.05, 3.63) is 30.0 Å². The molecule has 0 saturated carbocycles. The van der Waals surface area contributed by atoms with Crippen molar-refractivity contribution in [2.45, 2.75) is 13.2 Å². The van der Waals surface area contributed by atoms with Crippen LogP contribution in [0.4, 0.5) is 5.69 Å². The molecule has 0 bridgehead atoms. The molecule has 0 amide bonds. The van der Waals surface area contributed by atoms with Crippen molar-refractivity contribution < 1.29 is 5.11 Å². The van der Waals surface area contributed by atoms with E-state index in [9.17, 15) is 5.11 Å². The molecule has 1 aromatic heterocycles. The average molecular weight is 188 g/mol. The molecule has 72 valence electrons. The molecular weight excluding hydrogens is 176 g/mol. The Balaban J connectivity index is 2.42. The van der Waals surface area contributed by atoms with E-state index < -0.39 is 0 Å². The van der Waals surface area contributed by atoms with Gasteiger partial charge in [0.1, 0.15) is 0 Å². The van der Waals surface area contributed by atoms with Gasteiger partial charge in [-0.15, -0.1) is 0 Å². The quantitative estimate of drug-likeness (QED) is 0.712. The number of rotatable bonds is 1. The topological polar surface area (TPSA) is 37.2 Å². The number of aromatic nitrogens is 1. The molecule has 1 aromatic carbocycles. The van der Waals surface area contributed by atoms with Gasteiger partial charge in [0.05, 0.1) is 17.8 Å². The zero-order chi connectivity index (χ0) is 9.54. The fraction of sp³-hybridized carbons (Fsp3) is 0.273. The summed E-state index contributed by atoms with van der Waals surface area (Å²) in [5, 5.41) is 13.8. The molecular formula is C11H12N2O. The summed E-state index contributed by atoms with van der Waals surface area (Å²) in [4.78, 5) is 0. The maximum Gasteiger partial charge on any atom is 0.0833 e. The van der Waals surface area contributed by atoms with Gasteiger partial charge in [-0.25, -0.2) is 0 Å². The third kappa shape index (κ3) is 0.902. The minimum atomic E-state index is 0.119. The van der Waals surface area contributed by atoms with Crippen LogP contribution < -0.4 is 5.32 Å². The van der Waals surface area contributed by atoms with Crippen LogP contribution in [0.25, 0.3) is 10.9 Å². The van der Waals surface area contributed by atoms with Gasteiger partial charge in [-0.2, -0.15) is 0 Å². The molecule has 2 aromatic rings. The highest BCUT2D eigenvalue weighted by Gasteiger charge is 2.14. The third-order valence-corrected chi connectivity index (χ3v) is 2.82. The van der Waals surface area contributed by atoms with Crippen molar-refractivity contribution in [2.75, 3.05) is 11.9 Å². The number of aliphatic hydroxyl groups is 1. The summed E-state index contributed by atoms with van der Waals surface area (Å²) in [6, 6.07) is 8.27. The van der Waals surface area contributed by atoms with E-state index in [0.717, 1.165) is 18.8 Å². The van der Waals surface area contributed by atoms with Crippen LogP contribution in [0.2, 0.25) is 0 Å². The van der Waals surface area contributed by atoms with E-state index >= 15 is 0 Å². The van der Waals surface area contributed by atoms with E-state index in [4.69, 9.17) is 0 Å². The first-order valence-electron chi connectivity index (χ1n) is 4.86. The van der Waals surface area contributed by atoms with Crippen LogP contribution in [0, 0.1) is 0 Å². The highest BCUT2D eigenvalue weighted by molar-refractivity contribution is 5.93. The fourth-order valence-corrected chi connectivity index (χ4v) is 2.21. The third-order valence-electron chi connectivity index (χ3n) is 2.82. The monoisotopic (exact) mass is 188 g/mol. The number of anilines is 1. The van der Waals surface area contributed by atoms with E-state index in [1.165, 1.54) is 16.6 Å². The minimum absolute atomic E-state index is 0.119. The van der Waals surface area contributed by atoms with Gasteiger partial charge in [-0.3, -0.25) is 0 Å². The first kappa shape index (κ1) is 7.88. The highest BCUT2D eigenvalue weighted by Crippen LogP contribution is 2.29. The summed E-state index contributed by atoms with van der Waals surface area (Å²) >= 11 is 0. The van der Waals surface area contributed by atoms with Crippen molar-refractivity contribution in [3.8, 4) is 0 Å². The van der Waals surface area contributed by atoms with Crippen LogP contribution in [0.1, 0.15) is 5.69 Å². The number of hydrogen-bond donors (Lipinski definition) is 2. The van der Waals surface area contributed by atoms with Crippen molar-refractivity contribution in [2.24, 2.45) is 0 Å². The second-order valence-corrected chi connectivity index (χ2v) is 3.62. The predicted octanol–water partition coefficient (Wildman–Crippen LogP) is 1.56. The normalized spacial score (nSPS) is 14.4. The predicted molar refractivity (Wildman–Crippen MR) is 56.4 cm³/mol. The average Bonchev–Trinajstić information content (AvgIpc) is 2.60. The first-order chi connectivity index (χ1) is 6.90. The van der Waals surface area contributed by atoms with E-state index in [0.29, 0.717) is 0 Å². The molecule has 2 N–H and O–H groups in total. The molecule has 0 aliphatic carbocycles. The second-order valence-electron chi connectivity index (χ2n) is 3.62. The Morgan fingerprint density at radius 1 is 1.43 bits per heavy atom. The van der Waals surface area contributed by atoms with Gasteiger partial charge in [0.15, 0.2) is 0 Å². The van der Waals surface area contributed by atoms with Crippen molar-refractivity contribution in [1.29, 1.82) is 0 Å². The van der Waals surface area contributed by atoms with Crippen LogP contribution in [-0.2, 0) is 13.2 Å². The van der Waals surface area contributed by atoms with Crippen molar-refractivity contribution in [3.63, 3.8) is 0 Å². The molecule has 2 heterocycles. The van der Waals surface area contributed by atoms with Gasteiger partial charge in [0.25, 0.3) is 0 Å². The summed E-state index contributed by atoms with van der Waals surface area (Å²) in [5.74, 6) is 0. The molecule has 0 saturated heterocycles. The van der Waals surface area contributed by atoms with Crippen molar-refractivity contribution in [1.82, 2.24) is 4.57 Å². The molecule has 3 heteroatoms. The molecule has 3 nitrogen and oxygen atoms in total. The number of aliphatic hydroxyl groups excluding tert-OH is 1. The van der Waals surface area contributed by atoms with Crippen LogP contribution in [0.15, 0.2) is 24.3 Å². The van der Waals surface area contributed by atoms with E-state index in [2.05, 4.69) is 28.1 Å². The maximum absolute atomic E-state index is 9.22. The molecule has 0 radical (unpaired) electrons. The summed E-state index contributed by atoms with van der Waals surface area (Å²) in [6.45, 7) is 2.00. The van der Waals surface area contributed by atoms with Gasteiger partial charge in [-0.1, -0.05) is 12.1 Å². The van der Waals surface area contributed by atoms with Crippen LogP contribution in [0.5, 0.6) is 0 Å². The number of hydrogen-bond acceptors (Lipinski definition) is 2. The lowest BCUT2D eigenvalue weighted by Gasteiger charge is -2.19. The molecule has 0 spiro atoms. The van der Waals surface area contributed by atoms with Gasteiger partial charge in [0.2, 0.25) is 0 Å². The lowest BCUT2D eigenvalue weighted by molar-refractivity contribution is 0.271. The largest absolute Gasteiger partial charge is 0.390 e. The van der Waals surface area contributed by atoms with E-state index in [1.54, 1.807) is 0 Å². The van der Waals surface area contributed by atoms with Gasteiger partial charge in [0, 0.05) is 24.2 Å². The van der Waals surface area contributed by atoms with E-state index in [-0.39, 0.29) is 6.61 Å². The van der Waals surface area contributed by atoms with Crippen LogP contribution in [-0.4, -0.2) is 16.2 Å². The lowest BCUT2D eigenvalue weighted by Crippen LogP contribution is -2.18. The molecule has 3 rings (SSSR count). The first-order valence-corrected chi connectivity index (χ1v) is 4.86. The molecule has 1 aliphatic heterocycles. The molecule has 0 atom stereocenters. The summed E-state index contributed by atoms with van der Waals surface area (Å²) < 4.78 is 2.20. The maximum atomic E-state index is 9.22. The Morgan fingerprint density at radius 2 is 2.36 bits per heavy atom. The Bertz CT molecular complexity index is 487. The Labute approximate surface area is 82.0 Å². The van der Waals surface area contributed by atoms with Gasteiger partial charge in [-0.05, 0) is 12.1 Å². The number of nitrogens with zero attached hydrogens (tertiary/aromatic N) is 1. The Morgan fingerprint density at radius 3 is 3.21 bits per heavy atom. The summed E-state index contributed by atoms with van der Waals surface area (Å²) in [6.07, 6.45) is 0. The Kier molecular flexibility index (Phi) is 1.55.